The summed E-state index contributed by atoms with van der Waals surface area (Å²) in [6.07, 6.45) is 1.15. The van der Waals surface area contributed by atoms with Crippen molar-refractivity contribution in [2.75, 3.05) is 0 Å². The molecule has 0 aliphatic heterocycles. The van der Waals surface area contributed by atoms with Crippen LogP contribution in [0.5, 0.6) is 0 Å². The predicted octanol–water partition coefficient (Wildman–Crippen LogP) is 2.85. The number of ether oxygens (including phenoxy) is 1. The van der Waals surface area contributed by atoms with E-state index in [1.807, 2.05) is 24.3 Å². The minimum Gasteiger partial charge on any atom is -0.480 e. The molecule has 5 heteroatoms. The molecule has 0 fully saturated rings. The van der Waals surface area contributed by atoms with Crippen molar-refractivity contribution in [3.63, 3.8) is 0 Å². The number of carbonyl (C=O) groups excluding carboxylic acids is 1. The van der Waals surface area contributed by atoms with E-state index in [1.165, 1.54) is 0 Å². The van der Waals surface area contributed by atoms with Crippen molar-refractivity contribution < 1.29 is 19.4 Å². The third kappa shape index (κ3) is 6.12. The van der Waals surface area contributed by atoms with Crippen molar-refractivity contribution >= 4 is 18.1 Å². The zero-order valence-corrected chi connectivity index (χ0v) is 12.6. The van der Waals surface area contributed by atoms with Gasteiger partial charge in [-0.15, -0.1) is 0 Å². The molecule has 0 aliphatic rings. The third-order valence-corrected chi connectivity index (χ3v) is 2.64. The Bertz CT molecular complexity index is 514. The molecule has 0 unspecified atom stereocenters. The monoisotopic (exact) mass is 291 g/mol. The number of amides is 1. The number of carbonyl (C=O) groups is 2. The quantitative estimate of drug-likeness (QED) is 0.874. The van der Waals surface area contributed by atoms with Crippen LogP contribution in [0.4, 0.5) is 4.79 Å². The second-order valence-corrected chi connectivity index (χ2v) is 5.69. The summed E-state index contributed by atoms with van der Waals surface area (Å²) < 4.78 is 5.07. The van der Waals surface area contributed by atoms with Crippen molar-refractivity contribution in [1.82, 2.24) is 5.32 Å². The van der Waals surface area contributed by atoms with Gasteiger partial charge in [0.15, 0.2) is 0 Å². The van der Waals surface area contributed by atoms with Crippen molar-refractivity contribution in [1.29, 1.82) is 0 Å². The predicted molar refractivity (Wildman–Crippen MR) is 81.0 cm³/mol. The number of benzene rings is 1. The van der Waals surface area contributed by atoms with Crippen molar-refractivity contribution in [3.05, 3.63) is 42.0 Å². The van der Waals surface area contributed by atoms with Gasteiger partial charge in [-0.1, -0.05) is 36.9 Å². The molecular formula is C16H21NO4. The van der Waals surface area contributed by atoms with Crippen LogP contribution in [0.15, 0.2) is 30.8 Å². The van der Waals surface area contributed by atoms with Crippen LogP contribution in [-0.4, -0.2) is 28.8 Å². The second kappa shape index (κ2) is 6.92. The molecule has 0 heterocycles. The van der Waals surface area contributed by atoms with Crippen molar-refractivity contribution in [2.24, 2.45) is 0 Å². The molecule has 0 spiro atoms. The number of aliphatic carboxylic acids is 1. The van der Waals surface area contributed by atoms with Gasteiger partial charge >= 0.3 is 12.1 Å². The molecule has 0 radical (unpaired) electrons. The molecular weight excluding hydrogens is 270 g/mol. The Kier molecular flexibility index (Phi) is 5.52. The lowest BCUT2D eigenvalue weighted by atomic mass is 10.0. The highest BCUT2D eigenvalue weighted by molar-refractivity contribution is 5.80. The van der Waals surface area contributed by atoms with Gasteiger partial charge in [-0.2, -0.15) is 0 Å². The summed E-state index contributed by atoms with van der Waals surface area (Å²) in [4.78, 5) is 22.9. The third-order valence-electron chi connectivity index (χ3n) is 2.64. The summed E-state index contributed by atoms with van der Waals surface area (Å²) >= 11 is 0. The summed E-state index contributed by atoms with van der Waals surface area (Å²) in [5.74, 6) is -1.10. The van der Waals surface area contributed by atoms with E-state index < -0.39 is 23.7 Å². The molecule has 21 heavy (non-hydrogen) atoms. The summed E-state index contributed by atoms with van der Waals surface area (Å²) in [7, 11) is 0. The van der Waals surface area contributed by atoms with E-state index in [4.69, 9.17) is 4.74 Å². The standard InChI is InChI=1S/C16H21NO4/c1-5-11-6-8-12(9-7-11)10-13(14(18)19)17-15(20)21-16(2,3)4/h5-9,13H,1,10H2,2-4H3,(H,17,20)(H,18,19)/t13-/m0/s1. The molecule has 0 saturated carbocycles. The van der Waals surface area contributed by atoms with E-state index >= 15 is 0 Å². The van der Waals surface area contributed by atoms with Gasteiger partial charge in [0, 0.05) is 6.42 Å². The smallest absolute Gasteiger partial charge is 0.408 e. The number of carboxylic acids is 1. The zero-order valence-electron chi connectivity index (χ0n) is 12.6. The van der Waals surface area contributed by atoms with Crippen molar-refractivity contribution in [2.45, 2.75) is 38.8 Å². The van der Waals surface area contributed by atoms with Crippen LogP contribution in [0.25, 0.3) is 6.08 Å². The topological polar surface area (TPSA) is 75.6 Å². The number of carboxylic acid groups (broad SMARTS) is 1. The minimum atomic E-state index is -1.10. The van der Waals surface area contributed by atoms with Gasteiger partial charge in [-0.05, 0) is 31.9 Å². The molecule has 0 saturated heterocycles. The van der Waals surface area contributed by atoms with Crippen LogP contribution in [-0.2, 0) is 16.0 Å². The molecule has 1 aromatic rings. The normalized spacial score (nSPS) is 12.3. The fourth-order valence-electron chi connectivity index (χ4n) is 1.68. The summed E-state index contributed by atoms with van der Waals surface area (Å²) in [5, 5.41) is 11.6. The van der Waals surface area contributed by atoms with Gasteiger partial charge in [-0.3, -0.25) is 0 Å². The fraction of sp³-hybridized carbons (Fsp3) is 0.375. The Morgan fingerprint density at radius 3 is 2.33 bits per heavy atom. The summed E-state index contributed by atoms with van der Waals surface area (Å²) in [6, 6.07) is 6.27. The van der Waals surface area contributed by atoms with Gasteiger partial charge in [0.1, 0.15) is 11.6 Å². The number of nitrogens with one attached hydrogen (secondary N) is 1. The average Bonchev–Trinajstić information content (AvgIpc) is 2.36. The van der Waals surface area contributed by atoms with Gasteiger partial charge < -0.3 is 15.2 Å². The van der Waals surface area contributed by atoms with Gasteiger partial charge in [0.05, 0.1) is 0 Å². The maximum Gasteiger partial charge on any atom is 0.408 e. The number of hydrogen-bond donors (Lipinski definition) is 2. The van der Waals surface area contributed by atoms with Crippen LogP contribution >= 0.6 is 0 Å². The first kappa shape index (κ1) is 16.8. The molecule has 0 aromatic heterocycles. The van der Waals surface area contributed by atoms with Gasteiger partial charge in [-0.25, -0.2) is 9.59 Å². The fourth-order valence-corrected chi connectivity index (χ4v) is 1.68. The van der Waals surface area contributed by atoms with Crippen LogP contribution in [0.1, 0.15) is 31.9 Å². The maximum absolute atomic E-state index is 11.7. The molecule has 0 bridgehead atoms. The summed E-state index contributed by atoms with van der Waals surface area (Å²) in [6.45, 7) is 8.81. The van der Waals surface area contributed by atoms with Gasteiger partial charge in [0.2, 0.25) is 0 Å². The first-order valence-electron chi connectivity index (χ1n) is 6.65. The Hall–Kier alpha value is -2.30. The Morgan fingerprint density at radius 1 is 1.33 bits per heavy atom. The highest BCUT2D eigenvalue weighted by Gasteiger charge is 2.24. The molecule has 1 atom stereocenters. The molecule has 0 aliphatic carbocycles. The van der Waals surface area contributed by atoms with Crippen molar-refractivity contribution in [3.8, 4) is 0 Å². The molecule has 1 amide bonds. The first-order valence-corrected chi connectivity index (χ1v) is 6.65. The van der Waals surface area contributed by atoms with Crippen LogP contribution in [0, 0.1) is 0 Å². The van der Waals surface area contributed by atoms with Crippen LogP contribution < -0.4 is 5.32 Å². The Labute approximate surface area is 124 Å². The van der Waals surface area contributed by atoms with E-state index in [2.05, 4.69) is 11.9 Å². The highest BCUT2D eigenvalue weighted by atomic mass is 16.6. The van der Waals surface area contributed by atoms with E-state index in [0.29, 0.717) is 0 Å². The Balaban J connectivity index is 2.71. The maximum atomic E-state index is 11.7. The molecule has 5 nitrogen and oxygen atoms in total. The lowest BCUT2D eigenvalue weighted by Gasteiger charge is -2.22. The Morgan fingerprint density at radius 2 is 1.90 bits per heavy atom. The minimum absolute atomic E-state index is 0.187. The van der Waals surface area contributed by atoms with E-state index in [1.54, 1.807) is 26.8 Å². The number of hydrogen-bond acceptors (Lipinski definition) is 3. The molecule has 2 N–H and O–H groups in total. The zero-order chi connectivity index (χ0) is 16.0. The molecule has 1 rings (SSSR count). The highest BCUT2D eigenvalue weighted by Crippen LogP contribution is 2.10. The lowest BCUT2D eigenvalue weighted by Crippen LogP contribution is -2.44. The lowest BCUT2D eigenvalue weighted by molar-refractivity contribution is -0.139. The average molecular weight is 291 g/mol. The van der Waals surface area contributed by atoms with Crippen LogP contribution in [0.3, 0.4) is 0 Å². The summed E-state index contributed by atoms with van der Waals surface area (Å²) in [5.41, 5.74) is 1.09. The number of rotatable bonds is 5. The van der Waals surface area contributed by atoms with Crippen LogP contribution in [0.2, 0.25) is 0 Å². The van der Waals surface area contributed by atoms with E-state index in [0.717, 1.165) is 11.1 Å². The SMILES string of the molecule is C=Cc1ccc(C[C@H](NC(=O)OC(C)(C)C)C(=O)O)cc1. The largest absolute Gasteiger partial charge is 0.480 e. The molecule has 114 valence electrons. The van der Waals surface area contributed by atoms with E-state index in [9.17, 15) is 14.7 Å². The first-order chi connectivity index (χ1) is 9.71. The molecule has 1 aromatic carbocycles. The second-order valence-electron chi connectivity index (χ2n) is 5.69. The number of alkyl carbamates (subject to hydrolysis) is 1. The van der Waals surface area contributed by atoms with E-state index in [-0.39, 0.29) is 6.42 Å². The van der Waals surface area contributed by atoms with Gasteiger partial charge in [0.25, 0.3) is 0 Å².